The monoisotopic (exact) mass is 266 g/mol. The predicted molar refractivity (Wildman–Crippen MR) is 74.9 cm³/mol. The lowest BCUT2D eigenvalue weighted by Crippen LogP contribution is -2.26. The first-order chi connectivity index (χ1) is 8.42. The van der Waals surface area contributed by atoms with Crippen molar-refractivity contribution in [3.8, 4) is 6.07 Å². The highest BCUT2D eigenvalue weighted by Gasteiger charge is 2.23. The fraction of sp³-hybridized carbons (Fsp3) is 0.500. The van der Waals surface area contributed by atoms with Crippen LogP contribution in [-0.2, 0) is 0 Å². The van der Waals surface area contributed by atoms with Gasteiger partial charge in [-0.05, 0) is 5.92 Å². The Kier molecular flexibility index (Phi) is 4.56. The Morgan fingerprint density at radius 1 is 1.61 bits per heavy atom. The van der Waals surface area contributed by atoms with Gasteiger partial charge in [-0.15, -0.1) is 11.3 Å². The summed E-state index contributed by atoms with van der Waals surface area (Å²) in [6.45, 7) is 4.99. The van der Waals surface area contributed by atoms with E-state index in [1.165, 1.54) is 11.3 Å². The number of hydrogen-bond acceptors (Lipinski definition) is 5. The minimum atomic E-state index is -0.254. The molecule has 1 rings (SSSR count). The van der Waals surface area contributed by atoms with Crippen molar-refractivity contribution < 1.29 is 4.79 Å². The maximum Gasteiger partial charge on any atom is 0.256 e. The summed E-state index contributed by atoms with van der Waals surface area (Å²) in [5, 5.41) is 12.3. The van der Waals surface area contributed by atoms with Gasteiger partial charge in [-0.25, -0.2) is 0 Å². The summed E-state index contributed by atoms with van der Waals surface area (Å²) in [6, 6.07) is 2.03. The molecule has 0 aliphatic carbocycles. The van der Waals surface area contributed by atoms with Crippen molar-refractivity contribution in [2.24, 2.45) is 5.92 Å². The standard InChI is InChI=1S/C12H18N4OS/c1-7(2)6-16(4)12-9(11(17)15-3)10(14)8(5-13)18-12/h7H,6,14H2,1-4H3,(H,15,17). The van der Waals surface area contributed by atoms with Crippen molar-refractivity contribution in [3.05, 3.63) is 10.4 Å². The van der Waals surface area contributed by atoms with Gasteiger partial charge in [0.1, 0.15) is 15.9 Å². The number of thiophene rings is 1. The molecule has 1 heterocycles. The number of nitrogens with zero attached hydrogens (tertiary/aromatic N) is 2. The predicted octanol–water partition coefficient (Wildman–Crippen LogP) is 1.65. The summed E-state index contributed by atoms with van der Waals surface area (Å²) in [5.41, 5.74) is 6.54. The lowest BCUT2D eigenvalue weighted by atomic mass is 10.2. The smallest absolute Gasteiger partial charge is 0.256 e. The van der Waals surface area contributed by atoms with Crippen molar-refractivity contribution in [2.45, 2.75) is 13.8 Å². The summed E-state index contributed by atoms with van der Waals surface area (Å²) < 4.78 is 0. The van der Waals surface area contributed by atoms with Gasteiger partial charge >= 0.3 is 0 Å². The van der Waals surface area contributed by atoms with E-state index in [9.17, 15) is 4.79 Å². The fourth-order valence-corrected chi connectivity index (χ4v) is 2.74. The van der Waals surface area contributed by atoms with Gasteiger partial charge in [0.05, 0.1) is 11.3 Å². The van der Waals surface area contributed by atoms with Gasteiger partial charge in [0.2, 0.25) is 0 Å². The van der Waals surface area contributed by atoms with Gasteiger partial charge in [0.15, 0.2) is 0 Å². The third-order valence-electron chi connectivity index (χ3n) is 2.47. The zero-order chi connectivity index (χ0) is 13.9. The first-order valence-corrected chi connectivity index (χ1v) is 6.49. The van der Waals surface area contributed by atoms with E-state index < -0.39 is 0 Å². The third kappa shape index (κ3) is 2.74. The van der Waals surface area contributed by atoms with E-state index in [1.807, 2.05) is 18.0 Å². The number of hydrogen-bond donors (Lipinski definition) is 2. The van der Waals surface area contributed by atoms with Crippen molar-refractivity contribution in [3.63, 3.8) is 0 Å². The van der Waals surface area contributed by atoms with Crippen LogP contribution in [0.5, 0.6) is 0 Å². The van der Waals surface area contributed by atoms with Crippen LogP contribution in [0.4, 0.5) is 10.7 Å². The van der Waals surface area contributed by atoms with Crippen LogP contribution in [0.25, 0.3) is 0 Å². The highest BCUT2D eigenvalue weighted by molar-refractivity contribution is 7.17. The third-order valence-corrected chi connectivity index (χ3v) is 3.69. The summed E-state index contributed by atoms with van der Waals surface area (Å²) in [5.74, 6) is 0.206. The summed E-state index contributed by atoms with van der Waals surface area (Å²) in [7, 11) is 3.45. The maximum atomic E-state index is 11.9. The number of carbonyl (C=O) groups excluding carboxylic acids is 1. The fourth-order valence-electron chi connectivity index (χ4n) is 1.76. The van der Waals surface area contributed by atoms with Crippen LogP contribution in [0.3, 0.4) is 0 Å². The molecule has 0 spiro atoms. The van der Waals surface area contributed by atoms with Gasteiger partial charge in [0.25, 0.3) is 5.91 Å². The minimum Gasteiger partial charge on any atom is -0.396 e. The van der Waals surface area contributed by atoms with Gasteiger partial charge in [-0.3, -0.25) is 4.79 Å². The van der Waals surface area contributed by atoms with E-state index in [-0.39, 0.29) is 11.6 Å². The number of amides is 1. The number of nitriles is 1. The molecule has 0 aliphatic heterocycles. The Labute approximate surface area is 111 Å². The zero-order valence-corrected chi connectivity index (χ0v) is 11.9. The van der Waals surface area contributed by atoms with Crippen LogP contribution in [0, 0.1) is 17.2 Å². The molecule has 3 N–H and O–H groups in total. The number of rotatable bonds is 4. The molecule has 0 atom stereocenters. The summed E-state index contributed by atoms with van der Waals surface area (Å²) in [6.07, 6.45) is 0. The molecule has 0 saturated heterocycles. The summed E-state index contributed by atoms with van der Waals surface area (Å²) in [4.78, 5) is 14.2. The summed E-state index contributed by atoms with van der Waals surface area (Å²) >= 11 is 1.26. The molecule has 0 radical (unpaired) electrons. The van der Waals surface area contributed by atoms with Crippen LogP contribution in [0.15, 0.2) is 0 Å². The molecule has 0 aliphatic rings. The second kappa shape index (κ2) is 5.74. The molecule has 6 heteroatoms. The van der Waals surface area contributed by atoms with Crippen molar-refractivity contribution in [1.29, 1.82) is 5.26 Å². The van der Waals surface area contributed by atoms with Gasteiger partial charge < -0.3 is 16.0 Å². The largest absolute Gasteiger partial charge is 0.396 e. The van der Waals surface area contributed by atoms with E-state index in [4.69, 9.17) is 11.0 Å². The Morgan fingerprint density at radius 2 is 2.22 bits per heavy atom. The lowest BCUT2D eigenvalue weighted by molar-refractivity contribution is 0.0965. The van der Waals surface area contributed by atoms with Crippen LogP contribution in [0.1, 0.15) is 29.1 Å². The quantitative estimate of drug-likeness (QED) is 0.868. The average molecular weight is 266 g/mol. The average Bonchev–Trinajstić information content (AvgIpc) is 2.64. The molecule has 0 bridgehead atoms. The highest BCUT2D eigenvalue weighted by Crippen LogP contribution is 2.37. The minimum absolute atomic E-state index is 0.254. The number of nitrogens with two attached hydrogens (primary N) is 1. The van der Waals surface area contributed by atoms with E-state index in [1.54, 1.807) is 7.05 Å². The molecule has 98 valence electrons. The second-order valence-corrected chi connectivity index (χ2v) is 5.49. The van der Waals surface area contributed by atoms with Crippen molar-refractivity contribution in [1.82, 2.24) is 5.32 Å². The molecule has 0 unspecified atom stereocenters. The van der Waals surface area contributed by atoms with E-state index in [0.717, 1.165) is 11.5 Å². The first kappa shape index (κ1) is 14.3. The van der Waals surface area contributed by atoms with Crippen LogP contribution < -0.4 is 16.0 Å². The molecule has 0 fully saturated rings. The van der Waals surface area contributed by atoms with E-state index in [2.05, 4.69) is 19.2 Å². The van der Waals surface area contributed by atoms with Gasteiger partial charge in [0, 0.05) is 20.6 Å². The number of nitrogen functional groups attached to an aromatic ring is 1. The topological polar surface area (TPSA) is 82.2 Å². The zero-order valence-electron chi connectivity index (χ0n) is 11.1. The van der Waals surface area contributed by atoms with Crippen molar-refractivity contribution in [2.75, 3.05) is 31.3 Å². The molecule has 0 aromatic carbocycles. The van der Waals surface area contributed by atoms with Gasteiger partial charge in [-0.2, -0.15) is 5.26 Å². The van der Waals surface area contributed by atoms with E-state index >= 15 is 0 Å². The molecule has 1 amide bonds. The Balaban J connectivity index is 3.26. The molecule has 1 aromatic heterocycles. The molecule has 18 heavy (non-hydrogen) atoms. The van der Waals surface area contributed by atoms with Crippen LogP contribution in [-0.4, -0.2) is 26.5 Å². The first-order valence-electron chi connectivity index (χ1n) is 5.67. The molecular formula is C12H18N4OS. The Bertz CT molecular complexity index is 487. The number of anilines is 2. The van der Waals surface area contributed by atoms with Crippen molar-refractivity contribution >= 4 is 27.9 Å². The van der Waals surface area contributed by atoms with Gasteiger partial charge in [-0.1, -0.05) is 13.8 Å². The SMILES string of the molecule is CNC(=O)c1c(N(C)CC(C)C)sc(C#N)c1N. The molecule has 0 saturated carbocycles. The second-order valence-electron chi connectivity index (χ2n) is 4.49. The molecule has 1 aromatic rings. The molecular weight excluding hydrogens is 248 g/mol. The van der Waals surface area contributed by atoms with E-state index in [0.29, 0.717) is 16.4 Å². The number of carbonyl (C=O) groups is 1. The maximum absolute atomic E-state index is 11.9. The molecule has 5 nitrogen and oxygen atoms in total. The van der Waals surface area contributed by atoms with Crippen LogP contribution in [0.2, 0.25) is 0 Å². The lowest BCUT2D eigenvalue weighted by Gasteiger charge is -2.20. The Morgan fingerprint density at radius 3 is 2.67 bits per heavy atom. The highest BCUT2D eigenvalue weighted by atomic mass is 32.1. The van der Waals surface area contributed by atoms with Crippen LogP contribution >= 0.6 is 11.3 Å². The number of nitrogens with one attached hydrogen (secondary N) is 1. The Hall–Kier alpha value is -1.74. The normalized spacial score (nSPS) is 10.2.